The number of esters is 1. The average Bonchev–Trinajstić information content (AvgIpc) is 2.78. The summed E-state index contributed by atoms with van der Waals surface area (Å²) < 4.78 is 6.68. The van der Waals surface area contributed by atoms with Crippen LogP contribution in [-0.2, 0) is 22.5 Å². The molecule has 0 aliphatic carbocycles. The predicted octanol–water partition coefficient (Wildman–Crippen LogP) is 4.11. The number of rotatable bonds is 9. The van der Waals surface area contributed by atoms with Crippen LogP contribution in [0.15, 0.2) is 65.5 Å². The first-order chi connectivity index (χ1) is 15.1. The second kappa shape index (κ2) is 10.9. The van der Waals surface area contributed by atoms with E-state index in [1.165, 1.54) is 10.7 Å². The molecule has 0 unspecified atom stereocenters. The number of aromatic nitrogens is 2. The van der Waals surface area contributed by atoms with Gasteiger partial charge in [0.15, 0.2) is 0 Å². The molecule has 2 aromatic carbocycles. The Kier molecular flexibility index (Phi) is 7.72. The molecule has 0 radical (unpaired) electrons. The van der Waals surface area contributed by atoms with E-state index in [1.54, 1.807) is 18.2 Å². The van der Waals surface area contributed by atoms with Gasteiger partial charge in [0, 0.05) is 11.6 Å². The predicted molar refractivity (Wildman–Crippen MR) is 118 cm³/mol. The summed E-state index contributed by atoms with van der Waals surface area (Å²) >= 11 is 0. The van der Waals surface area contributed by atoms with E-state index >= 15 is 0 Å². The number of nitriles is 1. The summed E-state index contributed by atoms with van der Waals surface area (Å²) in [7, 11) is 0. The third kappa shape index (κ3) is 6.38. The van der Waals surface area contributed by atoms with E-state index < -0.39 is 0 Å². The summed E-state index contributed by atoms with van der Waals surface area (Å²) in [4.78, 5) is 24.4. The zero-order valence-corrected chi connectivity index (χ0v) is 17.6. The topological polar surface area (TPSA) is 85.0 Å². The molecule has 3 rings (SSSR count). The second-order valence-electron chi connectivity index (χ2n) is 7.33. The first kappa shape index (κ1) is 22.0. The molecule has 0 amide bonds. The molecule has 158 valence electrons. The normalized spacial score (nSPS) is 10.5. The summed E-state index contributed by atoms with van der Waals surface area (Å²) in [5.74, 6) is -0.244. The van der Waals surface area contributed by atoms with E-state index in [9.17, 15) is 9.59 Å². The van der Waals surface area contributed by atoms with Crippen molar-refractivity contribution in [2.45, 2.75) is 39.2 Å². The fourth-order valence-corrected chi connectivity index (χ4v) is 3.20. The van der Waals surface area contributed by atoms with Crippen LogP contribution in [0.4, 0.5) is 0 Å². The summed E-state index contributed by atoms with van der Waals surface area (Å²) in [6.07, 6.45) is 3.21. The lowest BCUT2D eigenvalue weighted by Crippen LogP contribution is -2.23. The Hall–Kier alpha value is -3.72. The third-order valence-corrected chi connectivity index (χ3v) is 4.86. The van der Waals surface area contributed by atoms with Crippen molar-refractivity contribution in [3.8, 4) is 17.3 Å². The van der Waals surface area contributed by atoms with Crippen LogP contribution in [0.5, 0.6) is 0 Å². The van der Waals surface area contributed by atoms with Gasteiger partial charge < -0.3 is 4.74 Å². The maximum absolute atomic E-state index is 12.3. The average molecular weight is 415 g/mol. The van der Waals surface area contributed by atoms with E-state index in [0.29, 0.717) is 24.4 Å². The number of benzene rings is 2. The van der Waals surface area contributed by atoms with Gasteiger partial charge in [-0.05, 0) is 35.7 Å². The van der Waals surface area contributed by atoms with Crippen molar-refractivity contribution in [2.75, 3.05) is 6.61 Å². The molecule has 1 aromatic heterocycles. The smallest absolute Gasteiger partial charge is 0.310 e. The number of hydrogen-bond acceptors (Lipinski definition) is 5. The van der Waals surface area contributed by atoms with E-state index in [2.05, 4.69) is 18.1 Å². The third-order valence-electron chi connectivity index (χ3n) is 4.86. The molecular weight excluding hydrogens is 390 g/mol. The highest BCUT2D eigenvalue weighted by Gasteiger charge is 2.08. The van der Waals surface area contributed by atoms with Gasteiger partial charge in [-0.1, -0.05) is 56.2 Å². The lowest BCUT2D eigenvalue weighted by Gasteiger charge is -2.09. The molecule has 1 heterocycles. The Morgan fingerprint density at radius 3 is 2.58 bits per heavy atom. The maximum Gasteiger partial charge on any atom is 0.310 e. The minimum atomic E-state index is -0.244. The first-order valence-electron chi connectivity index (χ1n) is 10.4. The molecule has 0 saturated carbocycles. The van der Waals surface area contributed by atoms with Crippen LogP contribution < -0.4 is 5.56 Å². The Balaban J connectivity index is 1.71. The lowest BCUT2D eigenvalue weighted by atomic mass is 10.1. The minimum Gasteiger partial charge on any atom is -0.465 e. The van der Waals surface area contributed by atoms with Gasteiger partial charge in [0.25, 0.3) is 5.56 Å². The lowest BCUT2D eigenvalue weighted by molar-refractivity contribution is -0.142. The number of carbonyl (C=O) groups is 1. The van der Waals surface area contributed by atoms with Gasteiger partial charge in [-0.25, -0.2) is 4.68 Å². The van der Waals surface area contributed by atoms with Gasteiger partial charge >= 0.3 is 5.97 Å². The van der Waals surface area contributed by atoms with E-state index in [0.717, 1.165) is 36.0 Å². The highest BCUT2D eigenvalue weighted by molar-refractivity contribution is 5.72. The maximum atomic E-state index is 12.3. The zero-order chi connectivity index (χ0) is 22.1. The number of carbonyl (C=O) groups excluding carboxylic acids is 1. The van der Waals surface area contributed by atoms with Crippen molar-refractivity contribution in [3.05, 3.63) is 87.7 Å². The Bertz CT molecular complexity index is 1130. The van der Waals surface area contributed by atoms with Crippen molar-refractivity contribution >= 4 is 5.97 Å². The monoisotopic (exact) mass is 415 g/mol. The largest absolute Gasteiger partial charge is 0.465 e. The molecule has 0 fully saturated rings. The van der Waals surface area contributed by atoms with Crippen molar-refractivity contribution < 1.29 is 9.53 Å². The van der Waals surface area contributed by atoms with E-state index in [-0.39, 0.29) is 17.9 Å². The van der Waals surface area contributed by atoms with E-state index in [1.807, 2.05) is 36.4 Å². The summed E-state index contributed by atoms with van der Waals surface area (Å²) in [6.45, 7) is 2.85. The fourth-order valence-electron chi connectivity index (χ4n) is 3.20. The van der Waals surface area contributed by atoms with Crippen LogP contribution >= 0.6 is 0 Å². The van der Waals surface area contributed by atoms with Gasteiger partial charge in [0.1, 0.15) is 0 Å². The van der Waals surface area contributed by atoms with Gasteiger partial charge in [-0.2, -0.15) is 10.4 Å². The molecule has 0 atom stereocenters. The molecule has 0 aliphatic heterocycles. The summed E-state index contributed by atoms with van der Waals surface area (Å²) in [5.41, 5.74) is 3.55. The molecule has 31 heavy (non-hydrogen) atoms. The van der Waals surface area contributed by atoms with Crippen molar-refractivity contribution in [3.63, 3.8) is 0 Å². The number of unbranched alkanes of at least 4 members (excludes halogenated alkanes) is 2. The van der Waals surface area contributed by atoms with Gasteiger partial charge in [-0.3, -0.25) is 9.59 Å². The molecular formula is C25H25N3O3. The van der Waals surface area contributed by atoms with Crippen LogP contribution in [-0.4, -0.2) is 22.4 Å². The SMILES string of the molecule is CCCCCOC(=O)Cc1cccc(Cn2nc(-c3ccc(C#N)cc3)ccc2=O)c1. The van der Waals surface area contributed by atoms with Crippen molar-refractivity contribution in [1.82, 2.24) is 9.78 Å². The van der Waals surface area contributed by atoms with Crippen LogP contribution in [0, 0.1) is 11.3 Å². The summed E-state index contributed by atoms with van der Waals surface area (Å²) in [5, 5.41) is 13.4. The highest BCUT2D eigenvalue weighted by atomic mass is 16.5. The quantitative estimate of drug-likeness (QED) is 0.388. The van der Waals surface area contributed by atoms with Gasteiger partial charge in [0.05, 0.1) is 36.9 Å². The van der Waals surface area contributed by atoms with Crippen LogP contribution in [0.1, 0.15) is 42.9 Å². The highest BCUT2D eigenvalue weighted by Crippen LogP contribution is 2.16. The number of ether oxygens (including phenoxy) is 1. The van der Waals surface area contributed by atoms with Gasteiger partial charge in [-0.15, -0.1) is 0 Å². The molecule has 0 bridgehead atoms. The number of nitrogens with zero attached hydrogens (tertiary/aromatic N) is 3. The minimum absolute atomic E-state index is 0.202. The number of hydrogen-bond donors (Lipinski definition) is 0. The molecule has 0 spiro atoms. The Morgan fingerprint density at radius 2 is 1.84 bits per heavy atom. The zero-order valence-electron chi connectivity index (χ0n) is 17.6. The first-order valence-corrected chi connectivity index (χ1v) is 10.4. The Labute approximate surface area is 181 Å². The van der Waals surface area contributed by atoms with Crippen LogP contribution in [0.2, 0.25) is 0 Å². The fraction of sp³-hybridized carbons (Fsp3) is 0.280. The molecule has 3 aromatic rings. The standard InChI is InChI=1S/C25H25N3O3/c1-2-3-4-14-31-25(30)16-20-6-5-7-21(15-20)18-28-24(29)13-12-23(27-28)22-10-8-19(17-26)9-11-22/h5-13,15H,2-4,14,16,18H2,1H3. The molecule has 0 aliphatic rings. The van der Waals surface area contributed by atoms with Crippen LogP contribution in [0.25, 0.3) is 11.3 Å². The molecule has 6 heteroatoms. The Morgan fingerprint density at radius 1 is 1.06 bits per heavy atom. The molecule has 0 N–H and O–H groups in total. The molecule has 0 saturated heterocycles. The van der Waals surface area contributed by atoms with Gasteiger partial charge in [0.2, 0.25) is 0 Å². The van der Waals surface area contributed by atoms with Crippen molar-refractivity contribution in [2.24, 2.45) is 0 Å². The van der Waals surface area contributed by atoms with Crippen molar-refractivity contribution in [1.29, 1.82) is 5.26 Å². The van der Waals surface area contributed by atoms with Crippen LogP contribution in [0.3, 0.4) is 0 Å². The summed E-state index contributed by atoms with van der Waals surface area (Å²) in [6, 6.07) is 19.8. The van der Waals surface area contributed by atoms with E-state index in [4.69, 9.17) is 10.00 Å². The second-order valence-corrected chi connectivity index (χ2v) is 7.33. The molecule has 6 nitrogen and oxygen atoms in total.